The van der Waals surface area contributed by atoms with Gasteiger partial charge in [-0.05, 0) is 36.1 Å². The molecule has 0 saturated heterocycles. The molecule has 0 radical (unpaired) electrons. The number of amides is 1. The van der Waals surface area contributed by atoms with Crippen LogP contribution in [-0.4, -0.2) is 24.2 Å². The molecular weight excluding hydrogens is 322 g/mol. The van der Waals surface area contributed by atoms with E-state index in [1.54, 1.807) is 0 Å². The van der Waals surface area contributed by atoms with Crippen molar-refractivity contribution in [3.63, 3.8) is 0 Å². The molecule has 2 aromatic rings. The maximum absolute atomic E-state index is 12.4. The average molecular weight is 346 g/mol. The van der Waals surface area contributed by atoms with E-state index in [2.05, 4.69) is 5.32 Å². The molecule has 0 aliphatic carbocycles. The first-order valence-corrected chi connectivity index (χ1v) is 8.66. The molecule has 24 heavy (non-hydrogen) atoms. The van der Waals surface area contributed by atoms with E-state index >= 15 is 0 Å². The van der Waals surface area contributed by atoms with Crippen LogP contribution in [-0.2, 0) is 11.2 Å². The van der Waals surface area contributed by atoms with Gasteiger partial charge in [0.15, 0.2) is 0 Å². The van der Waals surface area contributed by atoms with E-state index in [1.807, 2.05) is 61.5 Å². The Balaban J connectivity index is 1.90. The Morgan fingerprint density at radius 2 is 1.92 bits per heavy atom. The number of aliphatic hydroxyl groups is 1. The van der Waals surface area contributed by atoms with Crippen LogP contribution in [0.25, 0.3) is 0 Å². The average Bonchev–Trinajstić information content (AvgIpc) is 2.59. The lowest BCUT2D eigenvalue weighted by Gasteiger charge is -2.19. The summed E-state index contributed by atoms with van der Waals surface area (Å²) in [4.78, 5) is 12.4. The fourth-order valence-electron chi connectivity index (χ4n) is 2.78. The third-order valence-electron chi connectivity index (χ3n) is 4.15. The summed E-state index contributed by atoms with van der Waals surface area (Å²) in [7, 11) is 0. The summed E-state index contributed by atoms with van der Waals surface area (Å²) >= 11 is 5.99. The van der Waals surface area contributed by atoms with Crippen LogP contribution in [0, 0.1) is 5.92 Å². The van der Waals surface area contributed by atoms with Gasteiger partial charge in [-0.15, -0.1) is 0 Å². The molecule has 0 aromatic heterocycles. The third kappa shape index (κ3) is 5.66. The monoisotopic (exact) mass is 345 g/mol. The van der Waals surface area contributed by atoms with Crippen LogP contribution in [0.3, 0.4) is 0 Å². The largest absolute Gasteiger partial charge is 0.396 e. The number of hydrogen-bond acceptors (Lipinski definition) is 2. The van der Waals surface area contributed by atoms with E-state index in [0.29, 0.717) is 24.4 Å². The van der Waals surface area contributed by atoms with Gasteiger partial charge in [-0.2, -0.15) is 0 Å². The minimum Gasteiger partial charge on any atom is -0.396 e. The Hall–Kier alpha value is -1.84. The van der Waals surface area contributed by atoms with Crippen molar-refractivity contribution < 1.29 is 9.90 Å². The Labute approximate surface area is 148 Å². The van der Waals surface area contributed by atoms with Gasteiger partial charge in [-0.3, -0.25) is 4.79 Å². The lowest BCUT2D eigenvalue weighted by Crippen LogP contribution is -2.33. The molecule has 3 nitrogen and oxygen atoms in total. The zero-order chi connectivity index (χ0) is 17.4. The summed E-state index contributed by atoms with van der Waals surface area (Å²) in [5, 5.41) is 13.0. The Morgan fingerprint density at radius 3 is 2.58 bits per heavy atom. The normalized spacial score (nSPS) is 13.3. The smallest absolute Gasteiger partial charge is 0.223 e. The fraction of sp³-hybridized carbons (Fsp3) is 0.350. The van der Waals surface area contributed by atoms with Gasteiger partial charge in [0.25, 0.3) is 0 Å². The van der Waals surface area contributed by atoms with Gasteiger partial charge in [-0.25, -0.2) is 0 Å². The van der Waals surface area contributed by atoms with Crippen molar-refractivity contribution in [1.82, 2.24) is 5.32 Å². The molecule has 128 valence electrons. The lowest BCUT2D eigenvalue weighted by molar-refractivity contribution is -0.124. The third-order valence-corrected chi connectivity index (χ3v) is 4.38. The second kappa shape index (κ2) is 9.45. The summed E-state index contributed by atoms with van der Waals surface area (Å²) in [6.45, 7) is 2.55. The van der Waals surface area contributed by atoms with Crippen molar-refractivity contribution in [2.24, 2.45) is 5.92 Å². The first kappa shape index (κ1) is 18.5. The van der Waals surface area contributed by atoms with Crippen LogP contribution in [0.5, 0.6) is 0 Å². The molecule has 0 aliphatic rings. The molecule has 0 fully saturated rings. The van der Waals surface area contributed by atoms with Gasteiger partial charge < -0.3 is 10.4 Å². The van der Waals surface area contributed by atoms with Gasteiger partial charge >= 0.3 is 0 Å². The Bertz CT molecular complexity index is 645. The second-order valence-corrected chi connectivity index (χ2v) is 6.54. The van der Waals surface area contributed by atoms with E-state index in [4.69, 9.17) is 11.6 Å². The van der Waals surface area contributed by atoms with Crippen LogP contribution in [0.1, 0.15) is 30.4 Å². The van der Waals surface area contributed by atoms with Crippen LogP contribution >= 0.6 is 11.6 Å². The highest BCUT2D eigenvalue weighted by molar-refractivity contribution is 6.30. The van der Waals surface area contributed by atoms with Crippen molar-refractivity contribution >= 4 is 17.5 Å². The van der Waals surface area contributed by atoms with E-state index in [0.717, 1.165) is 11.1 Å². The Morgan fingerprint density at radius 1 is 1.17 bits per heavy atom. The molecule has 2 unspecified atom stereocenters. The topological polar surface area (TPSA) is 49.3 Å². The number of hydrogen-bond donors (Lipinski definition) is 2. The van der Waals surface area contributed by atoms with Crippen LogP contribution in [0.15, 0.2) is 54.6 Å². The summed E-state index contributed by atoms with van der Waals surface area (Å²) in [6, 6.07) is 17.6. The predicted octanol–water partition coefficient (Wildman–Crippen LogP) is 3.80. The van der Waals surface area contributed by atoms with Gasteiger partial charge in [0, 0.05) is 30.0 Å². The van der Waals surface area contributed by atoms with Crippen molar-refractivity contribution in [1.29, 1.82) is 0 Å². The summed E-state index contributed by atoms with van der Waals surface area (Å²) < 4.78 is 0. The predicted molar refractivity (Wildman–Crippen MR) is 98.2 cm³/mol. The molecule has 2 rings (SSSR count). The first-order valence-electron chi connectivity index (χ1n) is 8.28. The number of aliphatic hydroxyl groups excluding tert-OH is 1. The number of benzene rings is 2. The number of rotatable bonds is 8. The molecule has 4 heteroatoms. The number of halogens is 1. The van der Waals surface area contributed by atoms with Crippen molar-refractivity contribution in [3.8, 4) is 0 Å². The number of carbonyl (C=O) groups is 1. The minimum absolute atomic E-state index is 0.0221. The molecule has 2 atom stereocenters. The first-order chi connectivity index (χ1) is 11.6. The molecule has 0 spiro atoms. The second-order valence-electron chi connectivity index (χ2n) is 6.10. The van der Waals surface area contributed by atoms with Gasteiger partial charge in [0.1, 0.15) is 0 Å². The molecule has 1 amide bonds. The highest BCUT2D eigenvalue weighted by atomic mass is 35.5. The van der Waals surface area contributed by atoms with Gasteiger partial charge in [0.2, 0.25) is 5.91 Å². The minimum atomic E-state index is -0.131. The molecule has 0 bridgehead atoms. The number of carbonyl (C=O) groups excluding carboxylic acids is 1. The highest BCUT2D eigenvalue weighted by Gasteiger charge is 2.17. The van der Waals surface area contributed by atoms with E-state index in [9.17, 15) is 9.90 Å². The molecule has 0 heterocycles. The van der Waals surface area contributed by atoms with Crippen LogP contribution in [0.4, 0.5) is 0 Å². The fourth-order valence-corrected chi connectivity index (χ4v) is 2.99. The lowest BCUT2D eigenvalue weighted by atomic mass is 9.95. The van der Waals surface area contributed by atoms with Gasteiger partial charge in [0.05, 0.1) is 0 Å². The molecule has 2 N–H and O–H groups in total. The summed E-state index contributed by atoms with van der Waals surface area (Å²) in [5.74, 6) is 0.0152. The van der Waals surface area contributed by atoms with E-state index in [1.165, 1.54) is 0 Å². The Kier molecular flexibility index (Phi) is 7.29. The van der Waals surface area contributed by atoms with Gasteiger partial charge in [-0.1, -0.05) is 61.0 Å². The van der Waals surface area contributed by atoms with E-state index < -0.39 is 0 Å². The maximum Gasteiger partial charge on any atom is 0.223 e. The summed E-state index contributed by atoms with van der Waals surface area (Å²) in [5.41, 5.74) is 2.19. The van der Waals surface area contributed by atoms with Crippen LogP contribution in [0.2, 0.25) is 5.02 Å². The number of nitrogens with one attached hydrogen (secondary N) is 1. The molecule has 0 saturated carbocycles. The summed E-state index contributed by atoms with van der Waals surface area (Å²) in [6.07, 6.45) is 1.29. The standard InChI is InChI=1S/C20H24ClNO2/c1-15(12-16-6-5-9-19(21)13-16)20(24)22-14-18(10-11-23)17-7-3-2-4-8-17/h2-9,13,15,18,23H,10-12,14H2,1H3,(H,22,24). The highest BCUT2D eigenvalue weighted by Crippen LogP contribution is 2.19. The van der Waals surface area contributed by atoms with Crippen molar-refractivity contribution in [2.45, 2.75) is 25.7 Å². The maximum atomic E-state index is 12.4. The van der Waals surface area contributed by atoms with E-state index in [-0.39, 0.29) is 24.3 Å². The SMILES string of the molecule is CC(Cc1cccc(Cl)c1)C(=O)NCC(CCO)c1ccccc1. The molecular formula is C20H24ClNO2. The van der Waals surface area contributed by atoms with Crippen molar-refractivity contribution in [3.05, 3.63) is 70.7 Å². The zero-order valence-electron chi connectivity index (χ0n) is 13.9. The van der Waals surface area contributed by atoms with Crippen molar-refractivity contribution in [2.75, 3.05) is 13.2 Å². The quantitative estimate of drug-likeness (QED) is 0.764. The van der Waals surface area contributed by atoms with Crippen LogP contribution < -0.4 is 5.32 Å². The molecule has 2 aromatic carbocycles. The molecule has 0 aliphatic heterocycles. The zero-order valence-corrected chi connectivity index (χ0v) is 14.7.